The number of para-hydroxylation sites is 1. The fraction of sp³-hybridized carbons (Fsp3) is 0.350. The maximum Gasteiger partial charge on any atom is 0.320 e. The van der Waals surface area contributed by atoms with E-state index < -0.39 is 17.4 Å². The summed E-state index contributed by atoms with van der Waals surface area (Å²) in [6.07, 6.45) is 1.74. The molecule has 1 amide bonds. The van der Waals surface area contributed by atoms with E-state index in [1.165, 1.54) is 0 Å². The number of carboxylic acid groups (broad SMARTS) is 1. The van der Waals surface area contributed by atoms with Gasteiger partial charge >= 0.3 is 5.97 Å². The van der Waals surface area contributed by atoms with Crippen molar-refractivity contribution in [3.63, 3.8) is 0 Å². The van der Waals surface area contributed by atoms with Crippen molar-refractivity contribution in [2.75, 3.05) is 0 Å². The van der Waals surface area contributed by atoms with Gasteiger partial charge in [-0.3, -0.25) is 14.4 Å². The minimum Gasteiger partial charge on any atom is -0.480 e. The van der Waals surface area contributed by atoms with Crippen molar-refractivity contribution < 1.29 is 14.7 Å². The van der Waals surface area contributed by atoms with Crippen LogP contribution in [-0.4, -0.2) is 28.0 Å². The van der Waals surface area contributed by atoms with Gasteiger partial charge in [0.05, 0.1) is 0 Å². The van der Waals surface area contributed by atoms with Crippen LogP contribution in [0.5, 0.6) is 0 Å². The standard InChI is InChI=1S/C20H25N3O4/c1-4-20(2,3)18-13(11-22-16(24)10-9-14(21)19(26)27)17(25)12-7-5-6-8-15(12)23-18/h4-8,14H,1,9-11,21H2,2-3H3,(H,22,24)(H,23,25)(H,26,27)/t14-/m0/s1. The van der Waals surface area contributed by atoms with E-state index in [1.807, 2.05) is 26.0 Å². The van der Waals surface area contributed by atoms with Gasteiger partial charge in [0.15, 0.2) is 5.43 Å². The lowest BCUT2D eigenvalue weighted by Gasteiger charge is -2.24. The molecule has 0 spiro atoms. The van der Waals surface area contributed by atoms with Crippen LogP contribution in [0.2, 0.25) is 0 Å². The average Bonchev–Trinajstić information content (AvgIpc) is 2.64. The molecule has 0 bridgehead atoms. The number of carboxylic acids is 1. The van der Waals surface area contributed by atoms with Crippen molar-refractivity contribution in [3.8, 4) is 0 Å². The zero-order valence-electron chi connectivity index (χ0n) is 15.5. The Morgan fingerprint density at radius 3 is 2.67 bits per heavy atom. The number of carbonyl (C=O) groups excluding carboxylic acids is 1. The summed E-state index contributed by atoms with van der Waals surface area (Å²) in [6, 6.07) is 6.10. The van der Waals surface area contributed by atoms with Crippen LogP contribution in [0, 0.1) is 0 Å². The number of fused-ring (bicyclic) bond motifs is 1. The van der Waals surface area contributed by atoms with Crippen molar-refractivity contribution in [2.24, 2.45) is 5.73 Å². The van der Waals surface area contributed by atoms with Gasteiger partial charge < -0.3 is 21.1 Å². The molecule has 27 heavy (non-hydrogen) atoms. The number of H-pyrrole nitrogens is 1. The lowest BCUT2D eigenvalue weighted by atomic mass is 9.85. The van der Waals surface area contributed by atoms with Crippen LogP contribution in [0.3, 0.4) is 0 Å². The summed E-state index contributed by atoms with van der Waals surface area (Å²) in [5, 5.41) is 12.0. The Balaban J connectivity index is 2.31. The van der Waals surface area contributed by atoms with Crippen LogP contribution in [0.1, 0.15) is 37.9 Å². The van der Waals surface area contributed by atoms with Gasteiger partial charge in [-0.2, -0.15) is 0 Å². The second-order valence-electron chi connectivity index (χ2n) is 7.04. The summed E-state index contributed by atoms with van der Waals surface area (Å²) in [4.78, 5) is 39.1. The minimum atomic E-state index is -1.15. The van der Waals surface area contributed by atoms with E-state index >= 15 is 0 Å². The predicted octanol–water partition coefficient (Wildman–Crippen LogP) is 1.80. The number of allylic oxidation sites excluding steroid dienone is 1. The van der Waals surface area contributed by atoms with Crippen LogP contribution >= 0.6 is 0 Å². The Bertz CT molecular complexity index is 930. The lowest BCUT2D eigenvalue weighted by molar-refractivity contribution is -0.138. The number of hydrogen-bond donors (Lipinski definition) is 4. The van der Waals surface area contributed by atoms with Gasteiger partial charge in [0, 0.05) is 40.5 Å². The van der Waals surface area contributed by atoms with Crippen LogP contribution < -0.4 is 16.5 Å². The monoisotopic (exact) mass is 371 g/mol. The average molecular weight is 371 g/mol. The lowest BCUT2D eigenvalue weighted by Crippen LogP contribution is -2.34. The molecule has 1 aromatic heterocycles. The molecule has 7 nitrogen and oxygen atoms in total. The van der Waals surface area contributed by atoms with Crippen LogP contribution in [0.25, 0.3) is 10.9 Å². The number of aliphatic carboxylic acids is 1. The number of amides is 1. The third kappa shape index (κ3) is 4.62. The second-order valence-corrected chi connectivity index (χ2v) is 7.04. The molecule has 0 saturated carbocycles. The van der Waals surface area contributed by atoms with Gasteiger partial charge in [0.25, 0.3) is 0 Å². The summed E-state index contributed by atoms with van der Waals surface area (Å²) in [6.45, 7) is 7.73. The van der Waals surface area contributed by atoms with Gasteiger partial charge in [0.2, 0.25) is 5.91 Å². The van der Waals surface area contributed by atoms with E-state index in [0.717, 1.165) is 5.52 Å². The van der Waals surface area contributed by atoms with E-state index in [2.05, 4.69) is 16.9 Å². The number of aromatic nitrogens is 1. The molecule has 144 valence electrons. The highest BCUT2D eigenvalue weighted by molar-refractivity contribution is 5.80. The Labute approximate surface area is 157 Å². The Morgan fingerprint density at radius 1 is 1.37 bits per heavy atom. The van der Waals surface area contributed by atoms with Crippen LogP contribution in [0.4, 0.5) is 0 Å². The molecule has 0 saturated heterocycles. The van der Waals surface area contributed by atoms with Gasteiger partial charge in [-0.05, 0) is 18.6 Å². The van der Waals surface area contributed by atoms with E-state index in [1.54, 1.807) is 18.2 Å². The molecule has 1 heterocycles. The molecule has 0 fully saturated rings. The molecule has 1 atom stereocenters. The number of carbonyl (C=O) groups is 2. The van der Waals surface area contributed by atoms with E-state index in [9.17, 15) is 14.4 Å². The Hall–Kier alpha value is -2.93. The largest absolute Gasteiger partial charge is 0.480 e. The summed E-state index contributed by atoms with van der Waals surface area (Å²) in [5.74, 6) is -1.51. The molecule has 7 heteroatoms. The molecule has 0 aliphatic carbocycles. The maximum atomic E-state index is 13.0. The number of rotatable bonds is 8. The first-order chi connectivity index (χ1) is 12.7. The quantitative estimate of drug-likeness (QED) is 0.527. The maximum absolute atomic E-state index is 13.0. The molecule has 2 rings (SSSR count). The van der Waals surface area contributed by atoms with Crippen molar-refractivity contribution >= 4 is 22.8 Å². The molecule has 0 radical (unpaired) electrons. The first-order valence-corrected chi connectivity index (χ1v) is 8.70. The molecular weight excluding hydrogens is 346 g/mol. The highest BCUT2D eigenvalue weighted by atomic mass is 16.4. The molecule has 5 N–H and O–H groups in total. The van der Waals surface area contributed by atoms with Gasteiger partial charge in [-0.1, -0.05) is 32.1 Å². The molecule has 0 unspecified atom stereocenters. The SMILES string of the molecule is C=CC(C)(C)c1[nH]c2ccccc2c(=O)c1CNC(=O)CC[C@H](N)C(=O)O. The second kappa shape index (κ2) is 8.18. The van der Waals surface area contributed by atoms with Crippen molar-refractivity contribution in [2.45, 2.75) is 44.7 Å². The van der Waals surface area contributed by atoms with Crippen molar-refractivity contribution in [3.05, 3.63) is 58.4 Å². The minimum absolute atomic E-state index is 0.0280. The zero-order valence-corrected chi connectivity index (χ0v) is 15.5. The number of benzene rings is 1. The summed E-state index contributed by atoms with van der Waals surface area (Å²) in [5.41, 5.74) is 6.61. The Morgan fingerprint density at radius 2 is 2.04 bits per heavy atom. The van der Waals surface area contributed by atoms with E-state index in [4.69, 9.17) is 10.8 Å². The predicted molar refractivity (Wildman–Crippen MR) is 104 cm³/mol. The third-order valence-electron chi connectivity index (χ3n) is 4.62. The van der Waals surface area contributed by atoms with Crippen LogP contribution in [-0.2, 0) is 21.5 Å². The zero-order chi connectivity index (χ0) is 20.2. The van der Waals surface area contributed by atoms with Gasteiger partial charge in [-0.25, -0.2) is 0 Å². The topological polar surface area (TPSA) is 125 Å². The number of aromatic amines is 1. The normalized spacial score (nSPS) is 12.6. The number of pyridine rings is 1. The number of hydrogen-bond acceptors (Lipinski definition) is 4. The summed E-state index contributed by atoms with van der Waals surface area (Å²) >= 11 is 0. The molecule has 2 aromatic rings. The smallest absolute Gasteiger partial charge is 0.320 e. The first-order valence-electron chi connectivity index (χ1n) is 8.70. The highest BCUT2D eigenvalue weighted by Gasteiger charge is 2.24. The van der Waals surface area contributed by atoms with Crippen LogP contribution in [0.15, 0.2) is 41.7 Å². The first kappa shape index (κ1) is 20.4. The van der Waals surface area contributed by atoms with E-state index in [-0.39, 0.29) is 30.7 Å². The molecule has 1 aromatic carbocycles. The van der Waals surface area contributed by atoms with Crippen molar-refractivity contribution in [1.29, 1.82) is 0 Å². The third-order valence-corrected chi connectivity index (χ3v) is 4.62. The van der Waals surface area contributed by atoms with E-state index in [0.29, 0.717) is 16.6 Å². The van der Waals surface area contributed by atoms with Crippen molar-refractivity contribution in [1.82, 2.24) is 10.3 Å². The van der Waals surface area contributed by atoms with Gasteiger partial charge in [-0.15, -0.1) is 6.58 Å². The molecule has 0 aliphatic rings. The fourth-order valence-corrected chi connectivity index (χ4v) is 2.78. The fourth-order valence-electron chi connectivity index (χ4n) is 2.78. The number of nitrogens with two attached hydrogens (primary N) is 1. The summed E-state index contributed by atoms with van der Waals surface area (Å²) < 4.78 is 0. The molecular formula is C20H25N3O4. The van der Waals surface area contributed by atoms with Gasteiger partial charge in [0.1, 0.15) is 6.04 Å². The number of nitrogens with one attached hydrogen (secondary N) is 2. The summed E-state index contributed by atoms with van der Waals surface area (Å²) in [7, 11) is 0. The molecule has 0 aliphatic heterocycles. The Kier molecular flexibility index (Phi) is 6.17. The highest BCUT2D eigenvalue weighted by Crippen LogP contribution is 2.26.